The minimum atomic E-state index is -0.612. The molecule has 1 amide bonds. The van der Waals surface area contributed by atoms with Crippen LogP contribution in [0.4, 0.5) is 0 Å². The summed E-state index contributed by atoms with van der Waals surface area (Å²) in [5.41, 5.74) is -0.281. The van der Waals surface area contributed by atoms with Gasteiger partial charge in [-0.1, -0.05) is 6.07 Å². The highest BCUT2D eigenvalue weighted by Gasteiger charge is 2.16. The largest absolute Gasteiger partial charge is 0.349 e. The van der Waals surface area contributed by atoms with Gasteiger partial charge in [0, 0.05) is 17.1 Å². The molecule has 0 aliphatic rings. The molecule has 94 valence electrons. The molecule has 0 aliphatic carbocycles. The van der Waals surface area contributed by atoms with Crippen LogP contribution >= 0.6 is 11.3 Å². The summed E-state index contributed by atoms with van der Waals surface area (Å²) < 4.78 is 1.17. The number of hydrogen-bond donors (Lipinski definition) is 1. The zero-order chi connectivity index (χ0) is 13.0. The van der Waals surface area contributed by atoms with Crippen molar-refractivity contribution in [1.29, 1.82) is 0 Å². The van der Waals surface area contributed by atoms with E-state index in [0.717, 1.165) is 4.88 Å². The Morgan fingerprint density at radius 2 is 2.33 bits per heavy atom. The number of amides is 1. The highest BCUT2D eigenvalue weighted by Crippen LogP contribution is 2.08. The van der Waals surface area contributed by atoms with E-state index in [1.807, 2.05) is 17.5 Å². The maximum atomic E-state index is 11.9. The summed E-state index contributed by atoms with van der Waals surface area (Å²) >= 11 is 1.58. The van der Waals surface area contributed by atoms with E-state index in [1.165, 1.54) is 16.9 Å². The Morgan fingerprint density at radius 3 is 3.00 bits per heavy atom. The number of thiophene rings is 1. The van der Waals surface area contributed by atoms with Gasteiger partial charge in [0.1, 0.15) is 6.04 Å². The highest BCUT2D eigenvalue weighted by atomic mass is 32.1. The van der Waals surface area contributed by atoms with Crippen molar-refractivity contribution in [2.75, 3.05) is 0 Å². The summed E-state index contributed by atoms with van der Waals surface area (Å²) in [4.78, 5) is 24.5. The van der Waals surface area contributed by atoms with E-state index in [0.29, 0.717) is 6.54 Å². The second-order valence-corrected chi connectivity index (χ2v) is 4.81. The molecule has 1 atom stereocenters. The van der Waals surface area contributed by atoms with E-state index in [2.05, 4.69) is 10.4 Å². The van der Waals surface area contributed by atoms with E-state index < -0.39 is 6.04 Å². The molecule has 0 radical (unpaired) electrons. The van der Waals surface area contributed by atoms with Crippen molar-refractivity contribution in [2.24, 2.45) is 0 Å². The average molecular weight is 263 g/mol. The third-order valence-electron chi connectivity index (χ3n) is 2.50. The molecule has 18 heavy (non-hydrogen) atoms. The molecule has 0 saturated heterocycles. The first-order valence-electron chi connectivity index (χ1n) is 5.52. The Kier molecular flexibility index (Phi) is 3.88. The van der Waals surface area contributed by atoms with Crippen molar-refractivity contribution >= 4 is 17.2 Å². The fourth-order valence-corrected chi connectivity index (χ4v) is 2.15. The first-order chi connectivity index (χ1) is 8.68. The van der Waals surface area contributed by atoms with E-state index >= 15 is 0 Å². The lowest BCUT2D eigenvalue weighted by atomic mass is 10.3. The maximum absolute atomic E-state index is 11.9. The number of carbonyl (C=O) groups is 1. The molecular formula is C12H13N3O2S. The average Bonchev–Trinajstić information content (AvgIpc) is 2.89. The van der Waals surface area contributed by atoms with Gasteiger partial charge in [0.05, 0.1) is 6.54 Å². The maximum Gasteiger partial charge on any atom is 0.267 e. The lowest BCUT2D eigenvalue weighted by Crippen LogP contribution is -2.36. The van der Waals surface area contributed by atoms with E-state index in [1.54, 1.807) is 24.3 Å². The van der Waals surface area contributed by atoms with Crippen LogP contribution in [0.25, 0.3) is 0 Å². The molecule has 1 N–H and O–H groups in total. The van der Waals surface area contributed by atoms with Crippen LogP contribution in [0.3, 0.4) is 0 Å². The summed E-state index contributed by atoms with van der Waals surface area (Å²) in [5.74, 6) is -0.218. The molecule has 2 heterocycles. The molecule has 2 rings (SSSR count). The molecule has 0 spiro atoms. The predicted molar refractivity (Wildman–Crippen MR) is 69.4 cm³/mol. The van der Waals surface area contributed by atoms with Crippen molar-refractivity contribution < 1.29 is 4.79 Å². The van der Waals surface area contributed by atoms with Gasteiger partial charge in [-0.2, -0.15) is 5.10 Å². The number of rotatable bonds is 4. The number of nitrogens with zero attached hydrogens (tertiary/aromatic N) is 2. The second-order valence-electron chi connectivity index (χ2n) is 3.78. The quantitative estimate of drug-likeness (QED) is 0.901. The predicted octanol–water partition coefficient (Wildman–Crippen LogP) is 1.18. The van der Waals surface area contributed by atoms with Crippen LogP contribution in [0.5, 0.6) is 0 Å². The third-order valence-corrected chi connectivity index (χ3v) is 3.38. The second kappa shape index (κ2) is 5.59. The molecular weight excluding hydrogens is 250 g/mol. The Balaban J connectivity index is 2.01. The third kappa shape index (κ3) is 2.84. The molecule has 0 bridgehead atoms. The minimum Gasteiger partial charge on any atom is -0.349 e. The highest BCUT2D eigenvalue weighted by molar-refractivity contribution is 7.09. The number of aromatic nitrogens is 2. The van der Waals surface area contributed by atoms with Crippen molar-refractivity contribution in [1.82, 2.24) is 15.1 Å². The lowest BCUT2D eigenvalue weighted by Gasteiger charge is -2.12. The van der Waals surface area contributed by atoms with Crippen LogP contribution < -0.4 is 10.9 Å². The summed E-state index contributed by atoms with van der Waals surface area (Å²) in [7, 11) is 0. The first-order valence-corrected chi connectivity index (χ1v) is 6.40. The van der Waals surface area contributed by atoms with Crippen molar-refractivity contribution in [3.63, 3.8) is 0 Å². The Labute approximate surface area is 108 Å². The fourth-order valence-electron chi connectivity index (χ4n) is 1.51. The van der Waals surface area contributed by atoms with Crippen LogP contribution in [0.2, 0.25) is 0 Å². The van der Waals surface area contributed by atoms with Gasteiger partial charge in [0.2, 0.25) is 5.91 Å². The Hall–Kier alpha value is -1.95. The van der Waals surface area contributed by atoms with E-state index in [-0.39, 0.29) is 11.5 Å². The van der Waals surface area contributed by atoms with Gasteiger partial charge in [-0.05, 0) is 24.4 Å². The lowest BCUT2D eigenvalue weighted by molar-refractivity contribution is -0.124. The van der Waals surface area contributed by atoms with Gasteiger partial charge in [-0.25, -0.2) is 4.68 Å². The van der Waals surface area contributed by atoms with Crippen LogP contribution in [0.15, 0.2) is 40.6 Å². The molecule has 0 aliphatic heterocycles. The topological polar surface area (TPSA) is 64.0 Å². The standard InChI is InChI=1S/C12H13N3O2S/c1-9(15-11(16)5-2-6-14-15)12(17)13-8-10-4-3-7-18-10/h2-7,9H,8H2,1H3,(H,13,17). The smallest absolute Gasteiger partial charge is 0.267 e. The zero-order valence-corrected chi connectivity index (χ0v) is 10.7. The van der Waals surface area contributed by atoms with Crippen molar-refractivity contribution in [3.05, 3.63) is 51.1 Å². The molecule has 2 aromatic rings. The van der Waals surface area contributed by atoms with Gasteiger partial charge < -0.3 is 5.32 Å². The minimum absolute atomic E-state index is 0.218. The molecule has 2 aromatic heterocycles. The van der Waals surface area contributed by atoms with Gasteiger partial charge in [-0.15, -0.1) is 11.3 Å². The van der Waals surface area contributed by atoms with Gasteiger partial charge >= 0.3 is 0 Å². The normalized spacial score (nSPS) is 12.1. The van der Waals surface area contributed by atoms with E-state index in [9.17, 15) is 9.59 Å². The van der Waals surface area contributed by atoms with Gasteiger partial charge in [-0.3, -0.25) is 9.59 Å². The fraction of sp³-hybridized carbons (Fsp3) is 0.250. The SMILES string of the molecule is CC(C(=O)NCc1cccs1)n1ncccc1=O. The van der Waals surface area contributed by atoms with Crippen molar-refractivity contribution in [2.45, 2.75) is 19.5 Å². The first kappa shape index (κ1) is 12.5. The molecule has 0 fully saturated rings. The number of nitrogens with one attached hydrogen (secondary N) is 1. The number of hydrogen-bond acceptors (Lipinski definition) is 4. The molecule has 6 heteroatoms. The molecule has 5 nitrogen and oxygen atoms in total. The summed E-state index contributed by atoms with van der Waals surface area (Å²) in [6.07, 6.45) is 1.49. The molecule has 1 unspecified atom stereocenters. The van der Waals surface area contributed by atoms with Crippen LogP contribution in [0, 0.1) is 0 Å². The summed E-state index contributed by atoms with van der Waals surface area (Å²) in [6, 6.07) is 6.20. The monoisotopic (exact) mass is 263 g/mol. The van der Waals surface area contributed by atoms with Gasteiger partial charge in [0.25, 0.3) is 5.56 Å². The Morgan fingerprint density at radius 1 is 1.50 bits per heavy atom. The van der Waals surface area contributed by atoms with Crippen LogP contribution in [-0.4, -0.2) is 15.7 Å². The molecule has 0 aromatic carbocycles. The van der Waals surface area contributed by atoms with Crippen LogP contribution in [-0.2, 0) is 11.3 Å². The number of carbonyl (C=O) groups excluding carboxylic acids is 1. The van der Waals surface area contributed by atoms with Crippen molar-refractivity contribution in [3.8, 4) is 0 Å². The Bertz CT molecular complexity index is 577. The summed E-state index contributed by atoms with van der Waals surface area (Å²) in [6.45, 7) is 2.13. The zero-order valence-electron chi connectivity index (χ0n) is 9.87. The van der Waals surface area contributed by atoms with Crippen LogP contribution in [0.1, 0.15) is 17.8 Å². The van der Waals surface area contributed by atoms with Gasteiger partial charge in [0.15, 0.2) is 0 Å². The summed E-state index contributed by atoms with van der Waals surface area (Å²) in [5, 5.41) is 8.63. The van der Waals surface area contributed by atoms with E-state index in [4.69, 9.17) is 0 Å². The molecule has 0 saturated carbocycles.